The number of aromatic nitrogens is 3. The lowest BCUT2D eigenvalue weighted by Gasteiger charge is -2.13. The van der Waals surface area contributed by atoms with Crippen LogP contribution in [0.2, 0.25) is 0 Å². The van der Waals surface area contributed by atoms with E-state index in [1.54, 1.807) is 24.5 Å². The third-order valence-electron chi connectivity index (χ3n) is 4.82. The van der Waals surface area contributed by atoms with E-state index in [0.717, 1.165) is 11.3 Å². The van der Waals surface area contributed by atoms with Crippen LogP contribution in [0.25, 0.3) is 22.4 Å². The van der Waals surface area contributed by atoms with Crippen molar-refractivity contribution in [3.05, 3.63) is 101 Å². The van der Waals surface area contributed by atoms with E-state index in [0.29, 0.717) is 27.9 Å². The topological polar surface area (TPSA) is 58.6 Å². The van der Waals surface area contributed by atoms with Gasteiger partial charge in [0.1, 0.15) is 5.82 Å². The van der Waals surface area contributed by atoms with Gasteiger partial charge >= 0.3 is 0 Å². The first-order chi connectivity index (χ1) is 14.6. The number of thioether (sulfide) groups is 1. The van der Waals surface area contributed by atoms with Crippen molar-refractivity contribution in [3.8, 4) is 22.4 Å². The standard InChI is InChI=1S/C24H20FN3OS/c1-16(17-5-3-2-4-6-17)15-30-24-27-22(19-11-13-26-14-12-19)21(23(29)28-24)18-7-9-20(25)10-8-18/h2-14,16H,15H2,1H3,(H,27,28,29). The molecule has 0 amide bonds. The van der Waals surface area contributed by atoms with Crippen molar-refractivity contribution in [2.75, 3.05) is 5.75 Å². The molecular weight excluding hydrogens is 397 g/mol. The van der Waals surface area contributed by atoms with Crippen molar-refractivity contribution in [3.63, 3.8) is 0 Å². The Labute approximate surface area is 178 Å². The van der Waals surface area contributed by atoms with Crippen LogP contribution in [-0.2, 0) is 0 Å². The van der Waals surface area contributed by atoms with Gasteiger partial charge in [0.25, 0.3) is 5.56 Å². The second-order valence-electron chi connectivity index (χ2n) is 6.96. The van der Waals surface area contributed by atoms with Gasteiger partial charge in [0.15, 0.2) is 5.16 Å². The van der Waals surface area contributed by atoms with E-state index in [4.69, 9.17) is 4.98 Å². The zero-order valence-corrected chi connectivity index (χ0v) is 17.2. The maximum absolute atomic E-state index is 13.4. The minimum atomic E-state index is -0.351. The average molecular weight is 418 g/mol. The number of halogens is 1. The Morgan fingerprint density at radius 2 is 1.67 bits per heavy atom. The molecule has 2 aromatic carbocycles. The highest BCUT2D eigenvalue weighted by molar-refractivity contribution is 7.99. The lowest BCUT2D eigenvalue weighted by Crippen LogP contribution is -2.14. The van der Waals surface area contributed by atoms with Gasteiger partial charge in [0.2, 0.25) is 0 Å². The molecule has 0 fully saturated rings. The van der Waals surface area contributed by atoms with E-state index in [-0.39, 0.29) is 11.4 Å². The van der Waals surface area contributed by atoms with E-state index in [1.807, 2.05) is 30.3 Å². The van der Waals surface area contributed by atoms with Crippen LogP contribution in [0.4, 0.5) is 4.39 Å². The zero-order valence-electron chi connectivity index (χ0n) is 16.4. The molecule has 150 valence electrons. The normalized spacial score (nSPS) is 11.9. The summed E-state index contributed by atoms with van der Waals surface area (Å²) in [7, 11) is 0. The molecule has 4 rings (SSSR count). The van der Waals surface area contributed by atoms with E-state index in [2.05, 4.69) is 29.0 Å². The Balaban J connectivity index is 1.71. The number of benzene rings is 2. The number of H-pyrrole nitrogens is 1. The predicted molar refractivity (Wildman–Crippen MR) is 119 cm³/mol. The van der Waals surface area contributed by atoms with Crippen LogP contribution in [0.1, 0.15) is 18.4 Å². The first-order valence-electron chi connectivity index (χ1n) is 9.60. The molecule has 0 spiro atoms. The Kier molecular flexibility index (Phi) is 6.05. The number of hydrogen-bond donors (Lipinski definition) is 1. The number of nitrogens with one attached hydrogen (secondary N) is 1. The van der Waals surface area contributed by atoms with Crippen LogP contribution >= 0.6 is 11.8 Å². The number of hydrogen-bond acceptors (Lipinski definition) is 4. The Bertz CT molecular complexity index is 1180. The third-order valence-corrected chi connectivity index (χ3v) is 5.96. The smallest absolute Gasteiger partial charge is 0.260 e. The molecule has 30 heavy (non-hydrogen) atoms. The summed E-state index contributed by atoms with van der Waals surface area (Å²) in [5.74, 6) is 0.733. The molecule has 2 heterocycles. The van der Waals surface area contributed by atoms with Gasteiger partial charge in [0.05, 0.1) is 11.3 Å². The lowest BCUT2D eigenvalue weighted by molar-refractivity contribution is 0.628. The van der Waals surface area contributed by atoms with Crippen LogP contribution < -0.4 is 5.56 Å². The number of pyridine rings is 1. The minimum absolute atomic E-state index is 0.252. The van der Waals surface area contributed by atoms with Crippen molar-refractivity contribution in [1.82, 2.24) is 15.0 Å². The molecule has 1 N–H and O–H groups in total. The molecule has 0 saturated carbocycles. The fourth-order valence-corrected chi connectivity index (χ4v) is 4.13. The van der Waals surface area contributed by atoms with Crippen LogP contribution in [0, 0.1) is 5.82 Å². The molecule has 0 radical (unpaired) electrons. The van der Waals surface area contributed by atoms with E-state index in [9.17, 15) is 9.18 Å². The van der Waals surface area contributed by atoms with Gasteiger partial charge in [-0.1, -0.05) is 61.2 Å². The number of aromatic amines is 1. The maximum Gasteiger partial charge on any atom is 0.260 e. The summed E-state index contributed by atoms with van der Waals surface area (Å²) in [5.41, 5.74) is 3.37. The Hall–Kier alpha value is -3.25. The van der Waals surface area contributed by atoms with Gasteiger partial charge in [-0.2, -0.15) is 0 Å². The van der Waals surface area contributed by atoms with Crippen LogP contribution in [0.3, 0.4) is 0 Å². The van der Waals surface area contributed by atoms with Gasteiger partial charge in [-0.05, 0) is 41.3 Å². The second kappa shape index (κ2) is 9.05. The first-order valence-corrected chi connectivity index (χ1v) is 10.6. The molecule has 0 aliphatic carbocycles. The molecule has 0 bridgehead atoms. The average Bonchev–Trinajstić information content (AvgIpc) is 2.79. The summed E-state index contributed by atoms with van der Waals surface area (Å²) in [6.07, 6.45) is 3.33. The molecule has 1 unspecified atom stereocenters. The fourth-order valence-electron chi connectivity index (χ4n) is 3.21. The van der Waals surface area contributed by atoms with Crippen LogP contribution in [-0.4, -0.2) is 20.7 Å². The molecule has 2 aromatic heterocycles. The van der Waals surface area contributed by atoms with Crippen molar-refractivity contribution in [2.45, 2.75) is 18.0 Å². The van der Waals surface area contributed by atoms with Crippen molar-refractivity contribution in [2.24, 2.45) is 0 Å². The van der Waals surface area contributed by atoms with Gasteiger partial charge in [-0.15, -0.1) is 0 Å². The summed E-state index contributed by atoms with van der Waals surface area (Å²) < 4.78 is 13.4. The van der Waals surface area contributed by atoms with Crippen molar-refractivity contribution < 1.29 is 4.39 Å². The second-order valence-corrected chi connectivity index (χ2v) is 7.97. The summed E-state index contributed by atoms with van der Waals surface area (Å²) >= 11 is 1.51. The molecule has 4 nitrogen and oxygen atoms in total. The highest BCUT2D eigenvalue weighted by Gasteiger charge is 2.17. The summed E-state index contributed by atoms with van der Waals surface area (Å²) in [6.45, 7) is 2.15. The third kappa shape index (κ3) is 4.49. The minimum Gasteiger partial charge on any atom is -0.301 e. The van der Waals surface area contributed by atoms with Gasteiger partial charge < -0.3 is 4.98 Å². The van der Waals surface area contributed by atoms with Crippen molar-refractivity contribution in [1.29, 1.82) is 0 Å². The SMILES string of the molecule is CC(CSc1nc(-c2ccncc2)c(-c2ccc(F)cc2)c(=O)[nH]1)c1ccccc1. The molecule has 0 saturated heterocycles. The molecule has 6 heteroatoms. The molecule has 0 aliphatic rings. The zero-order chi connectivity index (χ0) is 20.9. The summed E-state index contributed by atoms with van der Waals surface area (Å²) in [4.78, 5) is 24.7. The largest absolute Gasteiger partial charge is 0.301 e. The number of rotatable bonds is 6. The van der Waals surface area contributed by atoms with E-state index >= 15 is 0 Å². The monoisotopic (exact) mass is 417 g/mol. The van der Waals surface area contributed by atoms with E-state index < -0.39 is 0 Å². The summed E-state index contributed by atoms with van der Waals surface area (Å²) in [6, 6.07) is 19.7. The van der Waals surface area contributed by atoms with Crippen molar-refractivity contribution >= 4 is 11.8 Å². The van der Waals surface area contributed by atoms with Crippen LogP contribution in [0.15, 0.2) is 89.1 Å². The Morgan fingerprint density at radius 3 is 2.37 bits per heavy atom. The van der Waals surface area contributed by atoms with Gasteiger partial charge in [-0.25, -0.2) is 9.37 Å². The predicted octanol–water partition coefficient (Wildman–Crippen LogP) is 5.53. The van der Waals surface area contributed by atoms with Gasteiger partial charge in [-0.3, -0.25) is 9.78 Å². The fraction of sp³-hybridized carbons (Fsp3) is 0.125. The highest BCUT2D eigenvalue weighted by Crippen LogP contribution is 2.30. The molecular formula is C24H20FN3OS. The lowest BCUT2D eigenvalue weighted by atomic mass is 10.0. The number of nitrogens with zero attached hydrogens (tertiary/aromatic N) is 2. The first kappa shape index (κ1) is 20.0. The summed E-state index contributed by atoms with van der Waals surface area (Å²) in [5, 5.41) is 0.556. The molecule has 0 aliphatic heterocycles. The highest BCUT2D eigenvalue weighted by atomic mass is 32.2. The molecule has 4 aromatic rings. The van der Waals surface area contributed by atoms with E-state index in [1.165, 1.54) is 29.5 Å². The Morgan fingerprint density at radius 1 is 0.967 bits per heavy atom. The molecule has 1 atom stereocenters. The quantitative estimate of drug-likeness (QED) is 0.331. The van der Waals surface area contributed by atoms with Gasteiger partial charge in [0, 0.05) is 23.7 Å². The van der Waals surface area contributed by atoms with Crippen LogP contribution in [0.5, 0.6) is 0 Å². The maximum atomic E-state index is 13.4.